The van der Waals surface area contributed by atoms with E-state index in [4.69, 9.17) is 14.2 Å². The molecule has 0 aromatic heterocycles. The number of aliphatic hydroxyl groups is 1. The molecule has 9 nitrogen and oxygen atoms in total. The van der Waals surface area contributed by atoms with Gasteiger partial charge in [0.05, 0.1) is 44.6 Å². The van der Waals surface area contributed by atoms with Gasteiger partial charge in [-0.25, -0.2) is 4.79 Å². The number of aliphatic hydroxyl groups excluding tert-OH is 1. The number of nitrogens with zero attached hydrogens (tertiary/aromatic N) is 2. The number of hydrogen-bond donors (Lipinski definition) is 1. The van der Waals surface area contributed by atoms with Gasteiger partial charge in [-0.3, -0.25) is 14.5 Å². The molecule has 2 saturated heterocycles. The quantitative estimate of drug-likeness (QED) is 0.258. The van der Waals surface area contributed by atoms with Crippen LogP contribution in [0.4, 0.5) is 0 Å². The van der Waals surface area contributed by atoms with Crippen molar-refractivity contribution in [2.75, 3.05) is 53.6 Å². The van der Waals surface area contributed by atoms with Crippen LogP contribution >= 0.6 is 0 Å². The minimum absolute atomic E-state index is 0.0161. The SMILES string of the molecule is COC(=O)c1ccc([C@H]2/C(=C(\O)c3ccc(OC)cc3)C(=O)C(=O)N2CCCN2CCOCC2)cc1. The number of carbonyl (C=O) groups is 3. The summed E-state index contributed by atoms with van der Waals surface area (Å²) in [5.74, 6) is -1.54. The van der Waals surface area contributed by atoms with Crippen molar-refractivity contribution >= 4 is 23.4 Å². The second-order valence-electron chi connectivity index (χ2n) is 8.64. The van der Waals surface area contributed by atoms with E-state index in [0.29, 0.717) is 48.6 Å². The zero-order valence-corrected chi connectivity index (χ0v) is 20.4. The van der Waals surface area contributed by atoms with Gasteiger partial charge in [-0.15, -0.1) is 0 Å². The average molecular weight is 495 g/mol. The fourth-order valence-corrected chi connectivity index (χ4v) is 4.57. The van der Waals surface area contributed by atoms with Gasteiger partial charge in [0.2, 0.25) is 0 Å². The van der Waals surface area contributed by atoms with Gasteiger partial charge in [-0.2, -0.15) is 0 Å². The summed E-state index contributed by atoms with van der Waals surface area (Å²) in [7, 11) is 2.84. The Bertz CT molecular complexity index is 1140. The summed E-state index contributed by atoms with van der Waals surface area (Å²) < 4.78 is 15.3. The van der Waals surface area contributed by atoms with Crippen molar-refractivity contribution in [2.45, 2.75) is 12.5 Å². The van der Waals surface area contributed by atoms with E-state index in [2.05, 4.69) is 4.90 Å². The highest BCUT2D eigenvalue weighted by Crippen LogP contribution is 2.39. The highest BCUT2D eigenvalue weighted by atomic mass is 16.5. The first-order valence-electron chi connectivity index (χ1n) is 11.9. The zero-order valence-electron chi connectivity index (χ0n) is 20.4. The number of Topliss-reactive ketones (excluding diaryl/α,β-unsaturated/α-hetero) is 1. The number of carbonyl (C=O) groups excluding carboxylic acids is 3. The third-order valence-corrected chi connectivity index (χ3v) is 6.53. The van der Waals surface area contributed by atoms with Crippen LogP contribution in [-0.2, 0) is 19.1 Å². The van der Waals surface area contributed by atoms with E-state index in [1.54, 1.807) is 48.5 Å². The van der Waals surface area contributed by atoms with E-state index in [0.717, 1.165) is 19.6 Å². The summed E-state index contributed by atoms with van der Waals surface area (Å²) >= 11 is 0. The van der Waals surface area contributed by atoms with Crippen molar-refractivity contribution in [3.05, 3.63) is 70.8 Å². The molecule has 2 fully saturated rings. The molecule has 36 heavy (non-hydrogen) atoms. The second-order valence-corrected chi connectivity index (χ2v) is 8.64. The number of likely N-dealkylation sites (tertiary alicyclic amines) is 1. The van der Waals surface area contributed by atoms with Crippen LogP contribution in [0, 0.1) is 0 Å². The third kappa shape index (κ3) is 5.27. The first-order valence-corrected chi connectivity index (χ1v) is 11.9. The Morgan fingerprint density at radius 3 is 2.22 bits per heavy atom. The molecule has 4 rings (SSSR count). The molecule has 1 N–H and O–H groups in total. The number of morpholine rings is 1. The van der Waals surface area contributed by atoms with Gasteiger partial charge in [0.15, 0.2) is 0 Å². The van der Waals surface area contributed by atoms with Crippen LogP contribution < -0.4 is 4.74 Å². The molecule has 2 aliphatic heterocycles. The lowest BCUT2D eigenvalue weighted by molar-refractivity contribution is -0.140. The number of hydrogen-bond acceptors (Lipinski definition) is 8. The van der Waals surface area contributed by atoms with Crippen molar-refractivity contribution in [3.63, 3.8) is 0 Å². The van der Waals surface area contributed by atoms with Gasteiger partial charge in [-0.1, -0.05) is 12.1 Å². The molecule has 1 amide bonds. The van der Waals surface area contributed by atoms with E-state index >= 15 is 0 Å². The Kier molecular flexibility index (Phi) is 8.02. The number of benzene rings is 2. The fraction of sp³-hybridized carbons (Fsp3) is 0.370. The molecule has 0 unspecified atom stereocenters. The molecule has 2 aromatic carbocycles. The highest BCUT2D eigenvalue weighted by Gasteiger charge is 2.45. The van der Waals surface area contributed by atoms with Crippen molar-refractivity contribution in [1.29, 1.82) is 0 Å². The van der Waals surface area contributed by atoms with E-state index in [1.807, 2.05) is 0 Å². The molecule has 0 spiro atoms. The maximum absolute atomic E-state index is 13.2. The van der Waals surface area contributed by atoms with E-state index in [1.165, 1.54) is 19.1 Å². The lowest BCUT2D eigenvalue weighted by atomic mass is 9.94. The standard InChI is InChI=1S/C27H30N2O7/c1-34-21-10-8-19(9-11-21)24(30)22-23(18-4-6-20(7-5-18)27(33)35-2)29(26(32)25(22)31)13-3-12-28-14-16-36-17-15-28/h4-11,23,30H,3,12-17H2,1-2H3/b24-22+/t23-/m0/s1. The van der Waals surface area contributed by atoms with E-state index < -0.39 is 23.7 Å². The molecular formula is C27H30N2O7. The molecule has 9 heteroatoms. The minimum Gasteiger partial charge on any atom is -0.507 e. The van der Waals surface area contributed by atoms with Crippen LogP contribution in [-0.4, -0.2) is 86.2 Å². The van der Waals surface area contributed by atoms with Gasteiger partial charge >= 0.3 is 5.97 Å². The smallest absolute Gasteiger partial charge is 0.337 e. The summed E-state index contributed by atoms with van der Waals surface area (Å²) in [4.78, 5) is 42.0. The summed E-state index contributed by atoms with van der Waals surface area (Å²) in [6.07, 6.45) is 0.659. The van der Waals surface area contributed by atoms with Crippen LogP contribution in [0.25, 0.3) is 5.76 Å². The molecule has 2 aliphatic rings. The van der Waals surface area contributed by atoms with Gasteiger partial charge in [0.1, 0.15) is 11.5 Å². The molecule has 0 aliphatic carbocycles. The van der Waals surface area contributed by atoms with Crippen LogP contribution in [0.5, 0.6) is 5.75 Å². The van der Waals surface area contributed by atoms with E-state index in [-0.39, 0.29) is 11.3 Å². The van der Waals surface area contributed by atoms with Crippen LogP contribution in [0.15, 0.2) is 54.1 Å². The van der Waals surface area contributed by atoms with Crippen LogP contribution in [0.2, 0.25) is 0 Å². The molecule has 2 aromatic rings. The summed E-state index contributed by atoms with van der Waals surface area (Å²) in [6, 6.07) is 12.4. The summed E-state index contributed by atoms with van der Waals surface area (Å²) in [5, 5.41) is 11.2. The van der Waals surface area contributed by atoms with Gasteiger partial charge in [-0.05, 0) is 48.4 Å². The van der Waals surface area contributed by atoms with Gasteiger partial charge in [0, 0.05) is 31.7 Å². The predicted octanol–water partition coefficient (Wildman–Crippen LogP) is 2.63. The maximum atomic E-state index is 13.2. The fourth-order valence-electron chi connectivity index (χ4n) is 4.57. The Hall–Kier alpha value is -3.69. The van der Waals surface area contributed by atoms with Crippen molar-refractivity contribution in [2.24, 2.45) is 0 Å². The van der Waals surface area contributed by atoms with E-state index in [9.17, 15) is 19.5 Å². The third-order valence-electron chi connectivity index (χ3n) is 6.53. The Morgan fingerprint density at radius 1 is 0.972 bits per heavy atom. The average Bonchev–Trinajstić information content (AvgIpc) is 3.18. The topological polar surface area (TPSA) is 106 Å². The molecule has 0 bridgehead atoms. The maximum Gasteiger partial charge on any atom is 0.337 e. The summed E-state index contributed by atoms with van der Waals surface area (Å²) in [6.45, 7) is 4.12. The largest absolute Gasteiger partial charge is 0.507 e. The van der Waals surface area contributed by atoms with Gasteiger partial charge < -0.3 is 24.2 Å². The first-order chi connectivity index (χ1) is 17.4. The lowest BCUT2D eigenvalue weighted by Gasteiger charge is -2.29. The lowest BCUT2D eigenvalue weighted by Crippen LogP contribution is -2.39. The van der Waals surface area contributed by atoms with Crippen LogP contribution in [0.3, 0.4) is 0 Å². The number of ether oxygens (including phenoxy) is 3. The molecule has 0 saturated carbocycles. The zero-order chi connectivity index (χ0) is 25.7. The molecule has 0 radical (unpaired) electrons. The summed E-state index contributed by atoms with van der Waals surface area (Å²) in [5.41, 5.74) is 1.38. The Morgan fingerprint density at radius 2 is 1.61 bits per heavy atom. The monoisotopic (exact) mass is 494 g/mol. The minimum atomic E-state index is -0.788. The number of methoxy groups -OCH3 is 2. The Balaban J connectivity index is 1.68. The molecule has 2 heterocycles. The van der Waals surface area contributed by atoms with Gasteiger partial charge in [0.25, 0.3) is 11.7 Å². The number of amides is 1. The van der Waals surface area contributed by atoms with Crippen molar-refractivity contribution in [3.8, 4) is 5.75 Å². The first kappa shape index (κ1) is 25.4. The Labute approximate surface area is 209 Å². The molecule has 1 atom stereocenters. The molecular weight excluding hydrogens is 464 g/mol. The number of rotatable bonds is 8. The van der Waals surface area contributed by atoms with Crippen molar-refractivity contribution < 1.29 is 33.7 Å². The highest BCUT2D eigenvalue weighted by molar-refractivity contribution is 6.46. The number of esters is 1. The van der Waals surface area contributed by atoms with Crippen molar-refractivity contribution in [1.82, 2.24) is 9.80 Å². The normalized spacial score (nSPS) is 19.9. The second kappa shape index (κ2) is 11.4. The van der Waals surface area contributed by atoms with Crippen LogP contribution in [0.1, 0.15) is 33.9 Å². The number of ketones is 1. The molecule has 190 valence electrons. The predicted molar refractivity (Wildman–Crippen MR) is 132 cm³/mol.